The molecule has 0 bridgehead atoms. The van der Waals surface area contributed by atoms with Crippen molar-refractivity contribution < 1.29 is 137 Å². The SMILES string of the molecule is CC[C@H]1OC(=O)[C@H](C)[C@@H](OC2CC(C)(OC)C(O)C(C)O2)[C@H](C)[C@@H](OC2OC(C)CC(N(C)CCN(C)C3CC(C)OC(O[C@@H]4[C@@H](C)[C@H](OC5CC(C)(OC)C(O)C(C)O5)[C@@H](C)C(=O)O[C@H](CC)[C@@](C)(O)[C@H](O)[C@@H](C)/C(=N/OCOCCOC)[C@H](C)C[C@]4(C)O)C3O)C2O)[C@@](C)(O)C[C@@H](C)/C(=N\O)[C@H](C)[C@@H](O)[C@]1(C)O. The van der Waals surface area contributed by atoms with E-state index in [9.17, 15) is 65.9 Å². The fourth-order valence-electron chi connectivity index (χ4n) is 18.0. The molecule has 642 valence electrons. The maximum Gasteiger partial charge on any atom is 0.311 e. The average Bonchev–Trinajstić information content (AvgIpc) is 0.769. The molecular formula is C78H142N4O28. The first kappa shape index (κ1) is 95.8. The van der Waals surface area contributed by atoms with Crippen LogP contribution in [-0.4, -0.2) is 326 Å². The van der Waals surface area contributed by atoms with Crippen molar-refractivity contribution in [3.63, 3.8) is 0 Å². The van der Waals surface area contributed by atoms with Gasteiger partial charge in [0.15, 0.2) is 25.2 Å². The summed E-state index contributed by atoms with van der Waals surface area (Å²) >= 11 is 0. The smallest absolute Gasteiger partial charge is 0.311 e. The van der Waals surface area contributed by atoms with Crippen molar-refractivity contribution in [1.29, 1.82) is 0 Å². The van der Waals surface area contributed by atoms with Crippen LogP contribution in [-0.2, 0) is 80.7 Å². The van der Waals surface area contributed by atoms with E-state index in [4.69, 9.17) is 71.2 Å². The van der Waals surface area contributed by atoms with Crippen LogP contribution < -0.4 is 0 Å². The zero-order valence-electron chi connectivity index (χ0n) is 70.2. The van der Waals surface area contributed by atoms with Gasteiger partial charge < -0.3 is 127 Å². The largest absolute Gasteiger partial charge is 0.459 e. The number of likely N-dealkylation sites (N-methyl/N-ethyl adjacent to an activating group) is 2. The van der Waals surface area contributed by atoms with Gasteiger partial charge in [0.2, 0.25) is 6.79 Å². The summed E-state index contributed by atoms with van der Waals surface area (Å²) in [4.78, 5) is 39.2. The number of hydrogen-bond donors (Lipinski definition) is 11. The van der Waals surface area contributed by atoms with Crippen molar-refractivity contribution in [3.05, 3.63) is 0 Å². The number of oxime groups is 2. The van der Waals surface area contributed by atoms with Gasteiger partial charge in [-0.2, -0.15) is 0 Å². The molecule has 32 heteroatoms. The van der Waals surface area contributed by atoms with E-state index in [0.29, 0.717) is 12.8 Å². The predicted molar refractivity (Wildman–Crippen MR) is 401 cm³/mol. The van der Waals surface area contributed by atoms with Gasteiger partial charge in [-0.05, 0) is 136 Å². The molecule has 6 aliphatic heterocycles. The molecule has 110 heavy (non-hydrogen) atoms. The van der Waals surface area contributed by atoms with E-state index < -0.39 is 228 Å². The van der Waals surface area contributed by atoms with E-state index >= 15 is 0 Å². The molecule has 6 fully saturated rings. The first-order valence-electron chi connectivity index (χ1n) is 39.7. The number of rotatable bonds is 23. The van der Waals surface area contributed by atoms with Gasteiger partial charge in [-0.3, -0.25) is 19.4 Å². The Morgan fingerprint density at radius 1 is 0.500 bits per heavy atom. The summed E-state index contributed by atoms with van der Waals surface area (Å²) < 4.78 is 88.1. The van der Waals surface area contributed by atoms with Crippen LogP contribution in [0.25, 0.3) is 0 Å². The predicted octanol–water partition coefficient (Wildman–Crippen LogP) is 4.01. The summed E-state index contributed by atoms with van der Waals surface area (Å²) in [5.74, 6) is -9.69. The highest BCUT2D eigenvalue weighted by Gasteiger charge is 2.57. The molecule has 11 N–H and O–H groups in total. The molecule has 0 saturated carbocycles. The second-order valence-corrected chi connectivity index (χ2v) is 34.4. The summed E-state index contributed by atoms with van der Waals surface area (Å²) in [6.07, 6.45) is -23.5. The van der Waals surface area contributed by atoms with Gasteiger partial charge in [-0.15, -0.1) is 0 Å². The topological polar surface area (TPSA) is 426 Å². The van der Waals surface area contributed by atoms with Crippen LogP contribution in [0.2, 0.25) is 0 Å². The molecule has 32 nitrogen and oxygen atoms in total. The third kappa shape index (κ3) is 22.2. The second kappa shape index (κ2) is 39.9. The Balaban J connectivity index is 1.34. The lowest BCUT2D eigenvalue weighted by molar-refractivity contribution is -0.319. The fourth-order valence-corrected chi connectivity index (χ4v) is 18.0. The number of hydrogen-bond acceptors (Lipinski definition) is 32. The monoisotopic (exact) mass is 1580 g/mol. The molecule has 36 atom stereocenters. The number of cyclic esters (lactones) is 2. The number of esters is 2. The molecule has 16 unspecified atom stereocenters. The van der Waals surface area contributed by atoms with Crippen molar-refractivity contribution in [3.8, 4) is 0 Å². The molecule has 0 aromatic heterocycles. The number of nitrogens with zero attached hydrogens (tertiary/aromatic N) is 4. The average molecular weight is 1580 g/mol. The third-order valence-electron chi connectivity index (χ3n) is 25.2. The number of aliphatic hydroxyl groups excluding tert-OH is 6. The Morgan fingerprint density at radius 2 is 0.873 bits per heavy atom. The van der Waals surface area contributed by atoms with Crippen molar-refractivity contribution in [1.82, 2.24) is 9.80 Å². The van der Waals surface area contributed by atoms with Crippen LogP contribution in [0.15, 0.2) is 10.3 Å². The van der Waals surface area contributed by atoms with Crippen LogP contribution in [0, 0.1) is 47.3 Å². The zero-order chi connectivity index (χ0) is 83.0. The molecule has 6 saturated heterocycles. The summed E-state index contributed by atoms with van der Waals surface area (Å²) in [6.45, 7) is 33.6. The fraction of sp³-hybridized carbons (Fsp3) is 0.949. The molecule has 6 aliphatic rings. The lowest BCUT2D eigenvalue weighted by atomic mass is 9.73. The van der Waals surface area contributed by atoms with E-state index in [2.05, 4.69) is 10.3 Å². The highest BCUT2D eigenvalue weighted by Crippen LogP contribution is 2.45. The van der Waals surface area contributed by atoms with E-state index in [-0.39, 0.29) is 83.0 Å². The van der Waals surface area contributed by atoms with Crippen LogP contribution >= 0.6 is 0 Å². The highest BCUT2D eigenvalue weighted by atomic mass is 16.8. The molecule has 0 aromatic rings. The van der Waals surface area contributed by atoms with Crippen molar-refractivity contribution in [2.45, 2.75) is 358 Å². The minimum Gasteiger partial charge on any atom is -0.459 e. The molecule has 0 radical (unpaired) electrons. The van der Waals surface area contributed by atoms with Gasteiger partial charge in [0, 0.05) is 94.9 Å². The van der Waals surface area contributed by atoms with Gasteiger partial charge >= 0.3 is 11.9 Å². The summed E-state index contributed by atoms with van der Waals surface area (Å²) in [5.41, 5.74) is -10.2. The van der Waals surface area contributed by atoms with Gasteiger partial charge in [-0.25, -0.2) is 0 Å². The van der Waals surface area contributed by atoms with Crippen molar-refractivity contribution >= 4 is 23.4 Å². The molecule has 0 amide bonds. The first-order valence-corrected chi connectivity index (χ1v) is 39.7. The summed E-state index contributed by atoms with van der Waals surface area (Å²) in [7, 11) is 8.12. The maximum absolute atomic E-state index is 14.9. The van der Waals surface area contributed by atoms with E-state index in [1.807, 2.05) is 37.7 Å². The van der Waals surface area contributed by atoms with Crippen LogP contribution in [0.5, 0.6) is 0 Å². The Hall–Kier alpha value is -3.08. The first-order chi connectivity index (χ1) is 51.1. The van der Waals surface area contributed by atoms with E-state index in [1.54, 1.807) is 104 Å². The van der Waals surface area contributed by atoms with Crippen LogP contribution in [0.3, 0.4) is 0 Å². The molecule has 0 spiro atoms. The number of aliphatic hydroxyl groups is 10. The Kier molecular flexibility index (Phi) is 34.7. The standard InChI is InChI=1S/C78H142N4O28/c1-26-53-77(19,93)63(85)43(7)57(79-95)39(3)34-73(15,91)67(45(9)61(47(11)69(89)105-53)107-55-36-75(17,97-24)65(87)49(13)103-55)109-71-59(83)51(32-41(5)101-71)81(21)28-29-82(22)52-33-42(6)102-72(60(52)84)110-68-46(10)62(108-56-37-76(18,98-25)66(88)50(14)104-56)48(12)70(90)106-54(27-2)78(20,94)64(86)44(8)58(40(4)35-74(68,16)92)80-100-38-99-31-30-96-23/h39-56,59-68,71-72,83-88,91-95H,26-38H2,1-25H3/b79-57+,80-58+/t39-,40-,41?,42?,43+,44+,45+,46+,47-,48-,49?,50?,51?,52?,53-,54-,55?,56?,59?,60?,61+,62+,63-,64-,65?,66?,67-,68-,71?,72?,73+,74+,75?,76?,77-,78-/m1/s1. The van der Waals surface area contributed by atoms with Crippen molar-refractivity contribution in [2.75, 3.05) is 68.5 Å². The maximum atomic E-state index is 14.9. The highest BCUT2D eigenvalue weighted by molar-refractivity contribution is 5.89. The zero-order valence-corrected chi connectivity index (χ0v) is 70.2. The Morgan fingerprint density at radius 3 is 1.23 bits per heavy atom. The Labute approximate surface area is 652 Å². The number of methoxy groups -OCH3 is 3. The molecule has 0 aliphatic carbocycles. The molecule has 0 aromatic carbocycles. The normalized spacial score (nSPS) is 47.9. The lowest BCUT2D eigenvalue weighted by Gasteiger charge is -2.49. The minimum atomic E-state index is -2.07. The number of carbonyl (C=O) groups excluding carboxylic acids is 2. The number of ether oxygens (including phenoxy) is 14. The van der Waals surface area contributed by atoms with Gasteiger partial charge in [0.05, 0.1) is 120 Å². The Bertz CT molecular complexity index is 2920. The van der Waals surface area contributed by atoms with Crippen LogP contribution in [0.1, 0.15) is 190 Å². The quantitative estimate of drug-likeness (QED) is 0.0226. The molecular weight excluding hydrogens is 1440 g/mol. The third-order valence-corrected chi connectivity index (χ3v) is 25.2. The molecule has 6 heterocycles. The van der Waals surface area contributed by atoms with E-state index in [1.165, 1.54) is 42.1 Å². The van der Waals surface area contributed by atoms with E-state index in [0.717, 1.165) is 0 Å². The summed E-state index contributed by atoms with van der Waals surface area (Å²) in [6, 6.07) is -1.33. The second-order valence-electron chi connectivity index (χ2n) is 34.4. The minimum absolute atomic E-state index is 0.000888. The summed E-state index contributed by atoms with van der Waals surface area (Å²) in [5, 5.41) is 142. The van der Waals surface area contributed by atoms with Gasteiger partial charge in [0.25, 0.3) is 0 Å². The number of carbonyl (C=O) groups is 2. The molecule has 6 rings (SSSR count). The van der Waals surface area contributed by atoms with Crippen molar-refractivity contribution in [2.24, 2.45) is 57.7 Å². The van der Waals surface area contributed by atoms with Gasteiger partial charge in [0.1, 0.15) is 47.8 Å². The lowest BCUT2D eigenvalue weighted by Crippen LogP contribution is -2.62. The van der Waals surface area contributed by atoms with Gasteiger partial charge in [-0.1, -0.05) is 65.7 Å². The van der Waals surface area contributed by atoms with Crippen LogP contribution in [0.4, 0.5) is 0 Å².